The Labute approximate surface area is 127 Å². The molecule has 1 atom stereocenters. The minimum absolute atomic E-state index is 0. The van der Waals surface area contributed by atoms with Crippen LogP contribution in [0.3, 0.4) is 0 Å². The summed E-state index contributed by atoms with van der Waals surface area (Å²) in [5.41, 5.74) is 0. The number of rotatable bonds is 3. The van der Waals surface area contributed by atoms with Gasteiger partial charge in [-0.05, 0) is 49.0 Å². The maximum absolute atomic E-state index is 13.1. The third-order valence-electron chi connectivity index (χ3n) is 3.37. The summed E-state index contributed by atoms with van der Waals surface area (Å²) >= 11 is 1.40. The normalized spacial score (nSPS) is 17.9. The highest BCUT2D eigenvalue weighted by atomic mass is 35.5. The number of carbonyl (C=O) groups is 1. The molecule has 1 aromatic carbocycles. The van der Waals surface area contributed by atoms with E-state index in [2.05, 4.69) is 10.6 Å². The molecule has 0 bridgehead atoms. The molecule has 3 nitrogen and oxygen atoms in total. The number of hydrogen-bond acceptors (Lipinski definition) is 3. The van der Waals surface area contributed by atoms with E-state index in [-0.39, 0.29) is 24.1 Å². The zero-order chi connectivity index (χ0) is 13.2. The van der Waals surface area contributed by atoms with E-state index in [1.165, 1.54) is 29.9 Å². The molecule has 1 unspecified atom stereocenters. The Morgan fingerprint density at radius 3 is 3.05 bits per heavy atom. The largest absolute Gasteiger partial charge is 0.350 e. The molecule has 2 N–H and O–H groups in total. The van der Waals surface area contributed by atoms with Crippen LogP contribution in [0, 0.1) is 5.82 Å². The number of benzene rings is 1. The number of thiophene rings is 1. The van der Waals surface area contributed by atoms with Gasteiger partial charge in [0.15, 0.2) is 0 Å². The average Bonchev–Trinajstić information content (AvgIpc) is 3.04. The summed E-state index contributed by atoms with van der Waals surface area (Å²) in [7, 11) is 0. The molecule has 0 aliphatic carbocycles. The SMILES string of the molecule is Cl.O=C(NCC1CCCN1)c1cc2cc(F)ccc2s1. The van der Waals surface area contributed by atoms with Crippen LogP contribution >= 0.6 is 23.7 Å². The summed E-state index contributed by atoms with van der Waals surface area (Å²) in [6, 6.07) is 6.73. The highest BCUT2D eigenvalue weighted by Crippen LogP contribution is 2.26. The lowest BCUT2D eigenvalue weighted by Crippen LogP contribution is -2.36. The van der Waals surface area contributed by atoms with Gasteiger partial charge in [0.05, 0.1) is 4.88 Å². The van der Waals surface area contributed by atoms with Gasteiger partial charge in [0, 0.05) is 17.3 Å². The lowest BCUT2D eigenvalue weighted by Gasteiger charge is -2.10. The van der Waals surface area contributed by atoms with Crippen molar-refractivity contribution >= 4 is 39.7 Å². The van der Waals surface area contributed by atoms with E-state index in [1.807, 2.05) is 0 Å². The first-order valence-electron chi connectivity index (χ1n) is 6.43. The minimum Gasteiger partial charge on any atom is -0.350 e. The first kappa shape index (κ1) is 15.2. The van der Waals surface area contributed by atoms with Gasteiger partial charge in [-0.3, -0.25) is 4.79 Å². The van der Waals surface area contributed by atoms with E-state index in [1.54, 1.807) is 12.1 Å². The maximum Gasteiger partial charge on any atom is 0.261 e. The first-order chi connectivity index (χ1) is 9.22. The molecule has 1 amide bonds. The second-order valence-electron chi connectivity index (χ2n) is 4.80. The fourth-order valence-corrected chi connectivity index (χ4v) is 3.32. The molecule has 1 fully saturated rings. The van der Waals surface area contributed by atoms with Gasteiger partial charge in [0.2, 0.25) is 0 Å². The molecule has 1 aromatic heterocycles. The Hall–Kier alpha value is -1.17. The highest BCUT2D eigenvalue weighted by Gasteiger charge is 2.16. The molecule has 2 heterocycles. The second-order valence-corrected chi connectivity index (χ2v) is 5.88. The quantitative estimate of drug-likeness (QED) is 0.914. The van der Waals surface area contributed by atoms with Crippen molar-refractivity contribution in [1.29, 1.82) is 0 Å². The zero-order valence-corrected chi connectivity index (χ0v) is 12.5. The van der Waals surface area contributed by atoms with Crippen LogP contribution in [-0.4, -0.2) is 25.0 Å². The monoisotopic (exact) mass is 314 g/mol. The van der Waals surface area contributed by atoms with Gasteiger partial charge in [-0.25, -0.2) is 4.39 Å². The Balaban J connectivity index is 0.00000147. The van der Waals surface area contributed by atoms with Crippen LogP contribution in [-0.2, 0) is 0 Å². The smallest absolute Gasteiger partial charge is 0.261 e. The molecule has 1 aliphatic rings. The molecule has 1 saturated heterocycles. The van der Waals surface area contributed by atoms with Gasteiger partial charge in [0.1, 0.15) is 5.82 Å². The van der Waals surface area contributed by atoms with Crippen LogP contribution in [0.25, 0.3) is 10.1 Å². The number of carbonyl (C=O) groups excluding carboxylic acids is 1. The standard InChI is InChI=1S/C14H15FN2OS.ClH/c15-10-3-4-12-9(6-10)7-13(19-12)14(18)17-8-11-2-1-5-16-11;/h3-4,6-7,11,16H,1-2,5,8H2,(H,17,18);1H. The minimum atomic E-state index is -0.271. The summed E-state index contributed by atoms with van der Waals surface area (Å²) in [6.45, 7) is 1.68. The molecular weight excluding hydrogens is 299 g/mol. The fraction of sp³-hybridized carbons (Fsp3) is 0.357. The van der Waals surface area contributed by atoms with Crippen molar-refractivity contribution in [2.45, 2.75) is 18.9 Å². The van der Waals surface area contributed by atoms with E-state index >= 15 is 0 Å². The van der Waals surface area contributed by atoms with Crippen LogP contribution in [0.1, 0.15) is 22.5 Å². The van der Waals surface area contributed by atoms with E-state index < -0.39 is 0 Å². The topological polar surface area (TPSA) is 41.1 Å². The van der Waals surface area contributed by atoms with Gasteiger partial charge in [0.25, 0.3) is 5.91 Å². The zero-order valence-electron chi connectivity index (χ0n) is 10.8. The predicted octanol–water partition coefficient (Wildman–Crippen LogP) is 2.94. The van der Waals surface area contributed by atoms with Gasteiger partial charge in [-0.2, -0.15) is 0 Å². The average molecular weight is 315 g/mol. The fourth-order valence-electron chi connectivity index (χ4n) is 2.36. The molecular formula is C14H16ClFN2OS. The molecule has 0 saturated carbocycles. The van der Waals surface area contributed by atoms with Crippen molar-refractivity contribution in [1.82, 2.24) is 10.6 Å². The van der Waals surface area contributed by atoms with E-state index in [0.717, 1.165) is 23.1 Å². The molecule has 2 aromatic rings. The van der Waals surface area contributed by atoms with Crippen molar-refractivity contribution in [3.63, 3.8) is 0 Å². The molecule has 20 heavy (non-hydrogen) atoms. The number of halogens is 2. The predicted molar refractivity (Wildman–Crippen MR) is 82.4 cm³/mol. The molecule has 0 radical (unpaired) electrons. The molecule has 108 valence electrons. The maximum atomic E-state index is 13.1. The van der Waals surface area contributed by atoms with Crippen LogP contribution in [0.15, 0.2) is 24.3 Å². The summed E-state index contributed by atoms with van der Waals surface area (Å²) in [5.74, 6) is -0.345. The number of fused-ring (bicyclic) bond motifs is 1. The molecule has 0 spiro atoms. The van der Waals surface area contributed by atoms with Gasteiger partial charge >= 0.3 is 0 Å². The highest BCUT2D eigenvalue weighted by molar-refractivity contribution is 7.20. The van der Waals surface area contributed by atoms with Crippen molar-refractivity contribution in [3.05, 3.63) is 35.0 Å². The van der Waals surface area contributed by atoms with Gasteiger partial charge in [-0.1, -0.05) is 0 Å². The summed E-state index contributed by atoms with van der Waals surface area (Å²) in [4.78, 5) is 12.7. The Bertz CT molecular complexity index is 610. The number of nitrogens with one attached hydrogen (secondary N) is 2. The molecule has 6 heteroatoms. The van der Waals surface area contributed by atoms with Gasteiger partial charge < -0.3 is 10.6 Å². The van der Waals surface area contributed by atoms with E-state index in [9.17, 15) is 9.18 Å². The van der Waals surface area contributed by atoms with Crippen molar-refractivity contribution in [2.75, 3.05) is 13.1 Å². The Morgan fingerprint density at radius 1 is 1.45 bits per heavy atom. The van der Waals surface area contributed by atoms with E-state index in [0.29, 0.717) is 17.5 Å². The van der Waals surface area contributed by atoms with Gasteiger partial charge in [-0.15, -0.1) is 23.7 Å². The van der Waals surface area contributed by atoms with Crippen molar-refractivity contribution in [3.8, 4) is 0 Å². The Kier molecular flexibility index (Phi) is 4.96. The summed E-state index contributed by atoms with van der Waals surface area (Å²) in [6.07, 6.45) is 2.28. The lowest BCUT2D eigenvalue weighted by molar-refractivity contribution is 0.0954. The second kappa shape index (κ2) is 6.52. The van der Waals surface area contributed by atoms with Crippen LogP contribution in [0.2, 0.25) is 0 Å². The van der Waals surface area contributed by atoms with Crippen LogP contribution in [0.5, 0.6) is 0 Å². The third kappa shape index (κ3) is 3.29. The Morgan fingerprint density at radius 2 is 2.30 bits per heavy atom. The third-order valence-corrected chi connectivity index (χ3v) is 4.49. The van der Waals surface area contributed by atoms with Crippen molar-refractivity contribution in [2.24, 2.45) is 0 Å². The summed E-state index contributed by atoms with van der Waals surface area (Å²) < 4.78 is 14.0. The van der Waals surface area contributed by atoms with E-state index in [4.69, 9.17) is 0 Å². The first-order valence-corrected chi connectivity index (χ1v) is 7.25. The lowest BCUT2D eigenvalue weighted by atomic mass is 10.2. The number of hydrogen-bond donors (Lipinski definition) is 2. The van der Waals surface area contributed by atoms with Crippen molar-refractivity contribution < 1.29 is 9.18 Å². The van der Waals surface area contributed by atoms with Crippen LogP contribution in [0.4, 0.5) is 4.39 Å². The van der Waals surface area contributed by atoms with Crippen LogP contribution < -0.4 is 10.6 Å². The number of amides is 1. The molecule has 1 aliphatic heterocycles. The summed E-state index contributed by atoms with van der Waals surface area (Å²) in [5, 5.41) is 7.05. The molecule has 3 rings (SSSR count).